The Hall–Kier alpha value is -0.970. The topological polar surface area (TPSA) is 47.7 Å². The van der Waals surface area contributed by atoms with Crippen LogP contribution in [0, 0.1) is 27.7 Å². The Labute approximate surface area is 157 Å². The Morgan fingerprint density at radius 1 is 0.960 bits per heavy atom. The molecule has 2 aromatic heterocycles. The SMILES string of the molecule is CCCCCP(=S)(CCn1nc(C)cc1C)NCn1nc(C)cc1C. The molecule has 0 amide bonds. The van der Waals surface area contributed by atoms with Gasteiger partial charge in [-0.25, -0.2) is 0 Å². The molecular formula is C18H32N5PS. The molecule has 0 aromatic carbocycles. The van der Waals surface area contributed by atoms with Crippen LogP contribution in [0.5, 0.6) is 0 Å². The van der Waals surface area contributed by atoms with Gasteiger partial charge in [-0.3, -0.25) is 14.5 Å². The lowest BCUT2D eigenvalue weighted by Gasteiger charge is -2.24. The van der Waals surface area contributed by atoms with Gasteiger partial charge in [-0.15, -0.1) is 0 Å². The van der Waals surface area contributed by atoms with Gasteiger partial charge in [0.05, 0.1) is 18.1 Å². The van der Waals surface area contributed by atoms with E-state index in [0.29, 0.717) is 6.67 Å². The van der Waals surface area contributed by atoms with Gasteiger partial charge in [-0.1, -0.05) is 31.6 Å². The number of rotatable bonds is 10. The zero-order valence-electron chi connectivity index (χ0n) is 16.2. The molecule has 0 aliphatic rings. The molecule has 5 nitrogen and oxygen atoms in total. The summed E-state index contributed by atoms with van der Waals surface area (Å²) in [7, 11) is 0. The molecule has 2 rings (SSSR count). The van der Waals surface area contributed by atoms with Gasteiger partial charge in [0, 0.05) is 30.3 Å². The molecule has 0 aliphatic heterocycles. The van der Waals surface area contributed by atoms with E-state index in [2.05, 4.69) is 52.9 Å². The van der Waals surface area contributed by atoms with Gasteiger partial charge in [0.15, 0.2) is 0 Å². The molecule has 0 bridgehead atoms. The van der Waals surface area contributed by atoms with Crippen molar-refractivity contribution in [2.45, 2.75) is 67.1 Å². The quantitative estimate of drug-likeness (QED) is 0.496. The monoisotopic (exact) mass is 381 g/mol. The van der Waals surface area contributed by atoms with Crippen molar-refractivity contribution < 1.29 is 0 Å². The Bertz CT molecular complexity index is 680. The molecule has 7 heteroatoms. The second kappa shape index (κ2) is 9.11. The van der Waals surface area contributed by atoms with Crippen LogP contribution in [0.1, 0.15) is 49.0 Å². The highest BCUT2D eigenvalue weighted by atomic mass is 32.4. The average Bonchev–Trinajstić information content (AvgIpc) is 3.04. The van der Waals surface area contributed by atoms with Gasteiger partial charge in [0.2, 0.25) is 0 Å². The summed E-state index contributed by atoms with van der Waals surface area (Å²) in [6.45, 7) is 12.1. The first-order valence-electron chi connectivity index (χ1n) is 9.18. The lowest BCUT2D eigenvalue weighted by molar-refractivity contribution is 0.577. The molecule has 0 saturated carbocycles. The number of nitrogens with one attached hydrogen (secondary N) is 1. The van der Waals surface area contributed by atoms with Crippen LogP contribution < -0.4 is 5.09 Å². The second-order valence-electron chi connectivity index (χ2n) is 6.94. The lowest BCUT2D eigenvalue weighted by Crippen LogP contribution is -2.22. The normalized spacial score (nSPS) is 14.0. The summed E-state index contributed by atoms with van der Waals surface area (Å²) in [5.74, 6) is 0. The molecule has 1 atom stereocenters. The van der Waals surface area contributed by atoms with E-state index in [1.165, 1.54) is 30.7 Å². The first-order chi connectivity index (χ1) is 11.8. The fraction of sp³-hybridized carbons (Fsp3) is 0.667. The van der Waals surface area contributed by atoms with E-state index < -0.39 is 6.19 Å². The fourth-order valence-corrected chi connectivity index (χ4v) is 6.06. The Balaban J connectivity index is 2.02. The van der Waals surface area contributed by atoms with Gasteiger partial charge in [0.1, 0.15) is 0 Å². The van der Waals surface area contributed by atoms with Crippen LogP contribution in [0.3, 0.4) is 0 Å². The molecular weight excluding hydrogens is 349 g/mol. The van der Waals surface area contributed by atoms with Crippen LogP contribution in [-0.4, -0.2) is 31.9 Å². The van der Waals surface area contributed by atoms with E-state index in [9.17, 15) is 0 Å². The summed E-state index contributed by atoms with van der Waals surface area (Å²) in [6.07, 6.45) is 4.14. The Morgan fingerprint density at radius 3 is 2.08 bits per heavy atom. The average molecular weight is 382 g/mol. The van der Waals surface area contributed by atoms with Crippen molar-refractivity contribution in [1.29, 1.82) is 0 Å². The van der Waals surface area contributed by atoms with Crippen molar-refractivity contribution in [3.8, 4) is 0 Å². The molecule has 0 spiro atoms. The molecule has 1 unspecified atom stereocenters. The highest BCUT2D eigenvalue weighted by molar-refractivity contribution is 8.13. The van der Waals surface area contributed by atoms with Gasteiger partial charge < -0.3 is 0 Å². The zero-order valence-corrected chi connectivity index (χ0v) is 18.0. The van der Waals surface area contributed by atoms with Crippen LogP contribution in [0.15, 0.2) is 12.1 Å². The first-order valence-corrected chi connectivity index (χ1v) is 12.4. The maximum Gasteiger partial charge on any atom is 0.0944 e. The minimum Gasteiger partial charge on any atom is -0.269 e. The summed E-state index contributed by atoms with van der Waals surface area (Å²) in [6, 6.07) is 4.24. The van der Waals surface area contributed by atoms with Gasteiger partial charge in [-0.2, -0.15) is 10.2 Å². The predicted octanol–water partition coefficient (Wildman–Crippen LogP) is 4.15. The standard InChI is InChI=1S/C18H32N5PS/c1-6-7-8-10-24(25,11-9-22-17(4)12-15(2)20-22)19-14-23-18(5)13-16(3)21-23/h12-13H,6-11,14H2,1-5H3,(H,19,25). The van der Waals surface area contributed by atoms with E-state index in [4.69, 9.17) is 11.8 Å². The van der Waals surface area contributed by atoms with Crippen molar-refractivity contribution in [3.63, 3.8) is 0 Å². The van der Waals surface area contributed by atoms with Crippen LogP contribution >= 0.6 is 6.19 Å². The Kier molecular flexibility index (Phi) is 7.41. The van der Waals surface area contributed by atoms with E-state index in [-0.39, 0.29) is 0 Å². The third-order valence-corrected chi connectivity index (χ3v) is 8.67. The fourth-order valence-electron chi connectivity index (χ4n) is 3.08. The van der Waals surface area contributed by atoms with Gasteiger partial charge >= 0.3 is 0 Å². The largest absolute Gasteiger partial charge is 0.269 e. The minimum absolute atomic E-state index is 0.709. The van der Waals surface area contributed by atoms with Crippen molar-refractivity contribution >= 4 is 18.0 Å². The summed E-state index contributed by atoms with van der Waals surface area (Å²) in [4.78, 5) is 0. The number of hydrogen-bond acceptors (Lipinski definition) is 3. The van der Waals surface area contributed by atoms with Crippen LogP contribution in [-0.2, 0) is 25.0 Å². The number of nitrogens with zero attached hydrogens (tertiary/aromatic N) is 4. The number of unbranched alkanes of at least 4 members (excludes halogenated alkanes) is 2. The highest BCUT2D eigenvalue weighted by Gasteiger charge is 2.18. The summed E-state index contributed by atoms with van der Waals surface area (Å²) >= 11 is 6.13. The summed E-state index contributed by atoms with van der Waals surface area (Å²) in [5, 5.41) is 12.8. The zero-order chi connectivity index (χ0) is 18.4. The third-order valence-electron chi connectivity index (χ3n) is 4.51. The molecule has 2 aromatic rings. The van der Waals surface area contributed by atoms with Crippen molar-refractivity contribution in [3.05, 3.63) is 34.9 Å². The summed E-state index contributed by atoms with van der Waals surface area (Å²) in [5.41, 5.74) is 4.53. The smallest absolute Gasteiger partial charge is 0.0944 e. The van der Waals surface area contributed by atoms with Crippen LogP contribution in [0.4, 0.5) is 0 Å². The number of hydrogen-bond donors (Lipinski definition) is 1. The molecule has 140 valence electrons. The van der Waals surface area contributed by atoms with E-state index in [0.717, 1.165) is 30.3 Å². The van der Waals surface area contributed by atoms with Crippen molar-refractivity contribution in [1.82, 2.24) is 24.6 Å². The maximum atomic E-state index is 6.13. The van der Waals surface area contributed by atoms with Gasteiger partial charge in [0.25, 0.3) is 0 Å². The van der Waals surface area contributed by atoms with E-state index >= 15 is 0 Å². The lowest BCUT2D eigenvalue weighted by atomic mass is 10.3. The molecule has 2 heterocycles. The summed E-state index contributed by atoms with van der Waals surface area (Å²) < 4.78 is 4.13. The number of aromatic nitrogens is 4. The van der Waals surface area contributed by atoms with Crippen LogP contribution in [0.25, 0.3) is 0 Å². The maximum absolute atomic E-state index is 6.13. The second-order valence-corrected chi connectivity index (χ2v) is 12.0. The molecule has 0 fully saturated rings. The molecule has 1 N–H and O–H groups in total. The highest BCUT2D eigenvalue weighted by Crippen LogP contribution is 2.42. The first kappa shape index (κ1) is 20.3. The predicted molar refractivity (Wildman–Crippen MR) is 110 cm³/mol. The van der Waals surface area contributed by atoms with Crippen LogP contribution in [0.2, 0.25) is 0 Å². The molecule has 0 aliphatic carbocycles. The van der Waals surface area contributed by atoms with Crippen molar-refractivity contribution in [2.24, 2.45) is 0 Å². The van der Waals surface area contributed by atoms with E-state index in [1.807, 2.05) is 18.5 Å². The van der Waals surface area contributed by atoms with E-state index in [1.54, 1.807) is 0 Å². The van der Waals surface area contributed by atoms with Gasteiger partial charge in [-0.05, 0) is 52.4 Å². The number of aryl methyl sites for hydroxylation is 5. The molecule has 25 heavy (non-hydrogen) atoms. The van der Waals surface area contributed by atoms with Crippen molar-refractivity contribution in [2.75, 3.05) is 12.3 Å². The Morgan fingerprint density at radius 2 is 1.56 bits per heavy atom. The molecule has 0 radical (unpaired) electrons. The minimum atomic E-state index is -1.64. The molecule has 0 saturated heterocycles. The third kappa shape index (κ3) is 6.05.